The molecule has 0 aromatic carbocycles. The number of nitrogens with zero attached hydrogens (tertiary/aromatic N) is 2. The van der Waals surface area contributed by atoms with Crippen LogP contribution >= 0.6 is 12.2 Å². The topological polar surface area (TPSA) is 65.6 Å². The third kappa shape index (κ3) is 2.16. The second kappa shape index (κ2) is 4.01. The molecule has 6 heteroatoms. The van der Waals surface area contributed by atoms with Crippen molar-refractivity contribution in [3.8, 4) is 0 Å². The van der Waals surface area contributed by atoms with Gasteiger partial charge in [-0.05, 0) is 19.1 Å². The van der Waals surface area contributed by atoms with Gasteiger partial charge in [0.25, 0.3) is 0 Å². The number of rotatable bonds is 2. The van der Waals surface area contributed by atoms with Crippen LogP contribution in [0.5, 0.6) is 0 Å². The highest BCUT2D eigenvalue weighted by molar-refractivity contribution is 7.80. The zero-order valence-electron chi connectivity index (χ0n) is 6.96. The fraction of sp³-hybridized carbons (Fsp3) is 0.500. The lowest BCUT2D eigenvalue weighted by Gasteiger charge is -2.12. The van der Waals surface area contributed by atoms with Gasteiger partial charge in [0.1, 0.15) is 12.2 Å². The van der Waals surface area contributed by atoms with Crippen molar-refractivity contribution in [1.82, 2.24) is 25.8 Å². The van der Waals surface area contributed by atoms with Crippen LogP contribution in [0.2, 0.25) is 0 Å². The van der Waals surface area contributed by atoms with Crippen molar-refractivity contribution in [2.24, 2.45) is 0 Å². The Hall–Kier alpha value is -1.17. The van der Waals surface area contributed by atoms with Crippen LogP contribution in [0.1, 0.15) is 18.8 Å². The molecule has 1 unspecified atom stereocenters. The summed E-state index contributed by atoms with van der Waals surface area (Å²) in [4.78, 5) is 3.99. The molecule has 1 rings (SSSR count). The first-order valence-electron chi connectivity index (χ1n) is 3.57. The average molecular weight is 185 g/mol. The normalized spacial score (nSPS) is 12.2. The molecule has 0 aliphatic rings. The number of aromatic nitrogens is 3. The van der Waals surface area contributed by atoms with Crippen LogP contribution in [0.25, 0.3) is 0 Å². The van der Waals surface area contributed by atoms with Crippen molar-refractivity contribution in [1.29, 1.82) is 0 Å². The van der Waals surface area contributed by atoms with E-state index >= 15 is 0 Å². The molecule has 0 saturated heterocycles. The molecule has 0 amide bonds. The predicted octanol–water partition coefficient (Wildman–Crippen LogP) is -0.0404. The summed E-state index contributed by atoms with van der Waals surface area (Å²) in [5.41, 5.74) is 0. The van der Waals surface area contributed by atoms with Crippen LogP contribution in [0.15, 0.2) is 6.33 Å². The highest BCUT2D eigenvalue weighted by atomic mass is 32.1. The van der Waals surface area contributed by atoms with Crippen LogP contribution in [0.4, 0.5) is 0 Å². The second-order valence-corrected chi connectivity index (χ2v) is 2.72. The van der Waals surface area contributed by atoms with Gasteiger partial charge >= 0.3 is 0 Å². The zero-order valence-corrected chi connectivity index (χ0v) is 7.77. The molecule has 12 heavy (non-hydrogen) atoms. The first-order valence-corrected chi connectivity index (χ1v) is 3.98. The van der Waals surface area contributed by atoms with Gasteiger partial charge in [0.15, 0.2) is 5.11 Å². The summed E-state index contributed by atoms with van der Waals surface area (Å²) in [6.07, 6.45) is 1.47. The van der Waals surface area contributed by atoms with Gasteiger partial charge in [-0.25, -0.2) is 4.98 Å². The summed E-state index contributed by atoms with van der Waals surface area (Å²) in [6, 6.07) is 0.0486. The Morgan fingerprint density at radius 2 is 2.50 bits per heavy atom. The summed E-state index contributed by atoms with van der Waals surface area (Å²) in [5.74, 6) is 0.771. The van der Waals surface area contributed by atoms with E-state index in [0.29, 0.717) is 5.11 Å². The Kier molecular flexibility index (Phi) is 2.98. The van der Waals surface area contributed by atoms with Gasteiger partial charge in [-0.15, -0.1) is 0 Å². The molecular formula is C6H11N5S. The Balaban J connectivity index is 2.49. The van der Waals surface area contributed by atoms with Crippen molar-refractivity contribution in [2.75, 3.05) is 7.05 Å². The van der Waals surface area contributed by atoms with Gasteiger partial charge in [0, 0.05) is 7.05 Å². The molecule has 0 radical (unpaired) electrons. The Labute approximate surface area is 76.0 Å². The van der Waals surface area contributed by atoms with Crippen molar-refractivity contribution < 1.29 is 0 Å². The molecule has 1 aromatic heterocycles. The van der Waals surface area contributed by atoms with E-state index < -0.39 is 0 Å². The number of hydrogen-bond acceptors (Lipinski definition) is 3. The number of H-pyrrole nitrogens is 1. The summed E-state index contributed by atoms with van der Waals surface area (Å²) >= 11 is 4.92. The van der Waals surface area contributed by atoms with Crippen molar-refractivity contribution in [3.05, 3.63) is 12.2 Å². The molecule has 3 N–H and O–H groups in total. The van der Waals surface area contributed by atoms with E-state index in [1.54, 1.807) is 7.05 Å². The van der Waals surface area contributed by atoms with E-state index in [4.69, 9.17) is 12.2 Å². The summed E-state index contributed by atoms with van der Waals surface area (Å²) in [6.45, 7) is 1.95. The SMILES string of the molecule is CNC(=S)NC(C)c1ncn[nH]1. The standard InChI is InChI=1S/C6H11N5S/c1-4(10-6(12)7-2)5-8-3-9-11-5/h3-4H,1-2H3,(H2,7,10,12)(H,8,9,11). The van der Waals surface area contributed by atoms with Crippen LogP contribution < -0.4 is 10.6 Å². The van der Waals surface area contributed by atoms with Crippen LogP contribution in [-0.2, 0) is 0 Å². The maximum Gasteiger partial charge on any atom is 0.166 e. The molecule has 0 bridgehead atoms. The molecule has 0 aliphatic heterocycles. The summed E-state index contributed by atoms with van der Waals surface area (Å²) in [5, 5.41) is 12.9. The van der Waals surface area contributed by atoms with Crippen LogP contribution in [0.3, 0.4) is 0 Å². The lowest BCUT2D eigenvalue weighted by atomic mass is 10.3. The van der Waals surface area contributed by atoms with Gasteiger partial charge in [-0.2, -0.15) is 5.10 Å². The lowest BCUT2D eigenvalue weighted by Crippen LogP contribution is -2.34. The minimum Gasteiger partial charge on any atom is -0.366 e. The molecule has 5 nitrogen and oxygen atoms in total. The minimum absolute atomic E-state index is 0.0486. The molecule has 0 aliphatic carbocycles. The first kappa shape index (κ1) is 8.92. The third-order valence-corrected chi connectivity index (χ3v) is 1.74. The third-order valence-electron chi connectivity index (χ3n) is 1.42. The number of nitrogens with one attached hydrogen (secondary N) is 3. The number of hydrogen-bond donors (Lipinski definition) is 3. The van der Waals surface area contributed by atoms with Crippen LogP contribution in [0, 0.1) is 0 Å². The van der Waals surface area contributed by atoms with Crippen LogP contribution in [-0.4, -0.2) is 27.3 Å². The van der Waals surface area contributed by atoms with Gasteiger partial charge in [0.2, 0.25) is 0 Å². The van der Waals surface area contributed by atoms with Gasteiger partial charge in [0.05, 0.1) is 6.04 Å². The Morgan fingerprint density at radius 1 is 1.75 bits per heavy atom. The van der Waals surface area contributed by atoms with Gasteiger partial charge < -0.3 is 10.6 Å². The molecule has 0 fully saturated rings. The molecular weight excluding hydrogens is 174 g/mol. The fourth-order valence-electron chi connectivity index (χ4n) is 0.761. The maximum absolute atomic E-state index is 4.92. The number of aromatic amines is 1. The minimum atomic E-state index is 0.0486. The smallest absolute Gasteiger partial charge is 0.166 e. The highest BCUT2D eigenvalue weighted by Gasteiger charge is 2.07. The summed E-state index contributed by atoms with van der Waals surface area (Å²) < 4.78 is 0. The number of thiocarbonyl (C=S) groups is 1. The lowest BCUT2D eigenvalue weighted by molar-refractivity contribution is 0.661. The zero-order chi connectivity index (χ0) is 8.97. The molecule has 1 aromatic rings. The molecule has 1 heterocycles. The van der Waals surface area contributed by atoms with Gasteiger partial charge in [-0.3, -0.25) is 5.10 Å². The predicted molar refractivity (Wildman–Crippen MR) is 49.6 cm³/mol. The van der Waals surface area contributed by atoms with E-state index in [9.17, 15) is 0 Å². The van der Waals surface area contributed by atoms with Crippen molar-refractivity contribution in [2.45, 2.75) is 13.0 Å². The van der Waals surface area contributed by atoms with E-state index in [2.05, 4.69) is 25.8 Å². The Bertz CT molecular complexity index is 244. The van der Waals surface area contributed by atoms with E-state index in [-0.39, 0.29) is 6.04 Å². The monoisotopic (exact) mass is 185 g/mol. The average Bonchev–Trinajstić information content (AvgIpc) is 2.56. The summed E-state index contributed by atoms with van der Waals surface area (Å²) in [7, 11) is 1.77. The second-order valence-electron chi connectivity index (χ2n) is 2.32. The highest BCUT2D eigenvalue weighted by Crippen LogP contribution is 2.02. The molecule has 66 valence electrons. The van der Waals surface area contributed by atoms with E-state index in [0.717, 1.165) is 5.82 Å². The van der Waals surface area contributed by atoms with Crippen molar-refractivity contribution in [3.63, 3.8) is 0 Å². The van der Waals surface area contributed by atoms with Gasteiger partial charge in [-0.1, -0.05) is 0 Å². The maximum atomic E-state index is 4.92. The first-order chi connectivity index (χ1) is 5.74. The van der Waals surface area contributed by atoms with Crippen molar-refractivity contribution >= 4 is 17.3 Å². The molecule has 1 atom stereocenters. The molecule has 0 spiro atoms. The largest absolute Gasteiger partial charge is 0.366 e. The fourth-order valence-corrected chi connectivity index (χ4v) is 0.938. The van der Waals surface area contributed by atoms with E-state index in [1.165, 1.54) is 6.33 Å². The van der Waals surface area contributed by atoms with E-state index in [1.807, 2.05) is 6.92 Å². The Morgan fingerprint density at radius 3 is 3.00 bits per heavy atom. The molecule has 0 saturated carbocycles. The quantitative estimate of drug-likeness (QED) is 0.564.